The van der Waals surface area contributed by atoms with Crippen molar-refractivity contribution in [1.82, 2.24) is 5.32 Å². The van der Waals surface area contributed by atoms with Crippen molar-refractivity contribution >= 4 is 23.4 Å². The number of rotatable bonds is 7. The molecule has 5 heteroatoms. The number of aliphatic hydroxyl groups is 1. The molecule has 2 atom stereocenters. The summed E-state index contributed by atoms with van der Waals surface area (Å²) in [6, 6.07) is 7.53. The van der Waals surface area contributed by atoms with E-state index in [1.54, 1.807) is 11.8 Å². The molecule has 0 fully saturated rings. The number of hydrogen-bond donors (Lipinski definition) is 3. The van der Waals surface area contributed by atoms with Gasteiger partial charge in [0.2, 0.25) is 5.91 Å². The van der Waals surface area contributed by atoms with Crippen LogP contribution in [0.3, 0.4) is 0 Å². The predicted octanol–water partition coefficient (Wildman–Crippen LogP) is 1.43. The number of nitrogens with one attached hydrogen (secondary N) is 1. The fraction of sp³-hybridized carbons (Fsp3) is 0.500. The van der Waals surface area contributed by atoms with Gasteiger partial charge in [-0.2, -0.15) is 11.8 Å². The van der Waals surface area contributed by atoms with Crippen molar-refractivity contribution in [1.29, 1.82) is 0 Å². The van der Waals surface area contributed by atoms with Crippen LogP contribution in [0.1, 0.15) is 18.9 Å². The number of aryl methyl sites for hydroxylation is 1. The lowest BCUT2D eigenvalue weighted by Crippen LogP contribution is -2.41. The Balaban J connectivity index is 2.42. The van der Waals surface area contributed by atoms with E-state index >= 15 is 0 Å². The Labute approximate surface area is 118 Å². The van der Waals surface area contributed by atoms with Crippen LogP contribution < -0.4 is 11.1 Å². The number of para-hydroxylation sites is 1. The zero-order valence-electron chi connectivity index (χ0n) is 11.4. The standard InChI is InChI=1S/C14H22N2O2S/c1-10(13(9-17)19-2)16-14(18)8-7-11-5-3-4-6-12(11)15/h3-6,10,13,17H,7-9,15H2,1-2H3,(H,16,18). The van der Waals surface area contributed by atoms with Crippen molar-refractivity contribution in [3.8, 4) is 0 Å². The van der Waals surface area contributed by atoms with Crippen LogP contribution >= 0.6 is 11.8 Å². The number of thioether (sulfide) groups is 1. The maximum absolute atomic E-state index is 11.8. The average molecular weight is 282 g/mol. The molecular weight excluding hydrogens is 260 g/mol. The Hall–Kier alpha value is -1.20. The van der Waals surface area contributed by atoms with Gasteiger partial charge in [0.1, 0.15) is 0 Å². The van der Waals surface area contributed by atoms with Gasteiger partial charge in [-0.1, -0.05) is 18.2 Å². The van der Waals surface area contributed by atoms with E-state index in [-0.39, 0.29) is 23.8 Å². The van der Waals surface area contributed by atoms with E-state index in [1.807, 2.05) is 37.4 Å². The van der Waals surface area contributed by atoms with E-state index < -0.39 is 0 Å². The second-order valence-corrected chi connectivity index (χ2v) is 5.59. The van der Waals surface area contributed by atoms with Gasteiger partial charge >= 0.3 is 0 Å². The number of amides is 1. The van der Waals surface area contributed by atoms with Gasteiger partial charge < -0.3 is 16.2 Å². The molecule has 0 heterocycles. The topological polar surface area (TPSA) is 75.3 Å². The Morgan fingerprint density at radius 1 is 1.47 bits per heavy atom. The highest BCUT2D eigenvalue weighted by Crippen LogP contribution is 2.13. The predicted molar refractivity (Wildman–Crippen MR) is 81.2 cm³/mol. The number of nitrogen functional groups attached to an aromatic ring is 1. The number of anilines is 1. The quantitative estimate of drug-likeness (QED) is 0.661. The average Bonchev–Trinajstić information content (AvgIpc) is 2.39. The Morgan fingerprint density at radius 3 is 2.74 bits per heavy atom. The van der Waals surface area contributed by atoms with Crippen LogP contribution in [-0.4, -0.2) is 35.2 Å². The lowest BCUT2D eigenvalue weighted by Gasteiger charge is -2.21. The smallest absolute Gasteiger partial charge is 0.220 e. The summed E-state index contributed by atoms with van der Waals surface area (Å²) < 4.78 is 0. The van der Waals surface area contributed by atoms with Crippen molar-refractivity contribution in [3.63, 3.8) is 0 Å². The van der Waals surface area contributed by atoms with Gasteiger partial charge in [0.05, 0.1) is 6.61 Å². The van der Waals surface area contributed by atoms with Crippen LogP contribution in [0.5, 0.6) is 0 Å². The number of aliphatic hydroxyl groups excluding tert-OH is 1. The van der Waals surface area contributed by atoms with Crippen LogP contribution in [-0.2, 0) is 11.2 Å². The fourth-order valence-corrected chi connectivity index (χ4v) is 2.49. The molecular formula is C14H22N2O2S. The third-order valence-corrected chi connectivity index (χ3v) is 4.27. The summed E-state index contributed by atoms with van der Waals surface area (Å²) in [4.78, 5) is 11.8. The fourth-order valence-electron chi connectivity index (χ4n) is 1.87. The summed E-state index contributed by atoms with van der Waals surface area (Å²) >= 11 is 1.55. The van der Waals surface area contributed by atoms with Gasteiger partial charge in [-0.25, -0.2) is 0 Å². The maximum Gasteiger partial charge on any atom is 0.220 e. The van der Waals surface area contributed by atoms with Crippen molar-refractivity contribution in [2.24, 2.45) is 0 Å². The van der Waals surface area contributed by atoms with Crippen molar-refractivity contribution < 1.29 is 9.90 Å². The van der Waals surface area contributed by atoms with E-state index in [2.05, 4.69) is 5.32 Å². The first kappa shape index (κ1) is 15.9. The molecule has 0 bridgehead atoms. The number of hydrogen-bond acceptors (Lipinski definition) is 4. The number of carbonyl (C=O) groups excluding carboxylic acids is 1. The highest BCUT2D eigenvalue weighted by Gasteiger charge is 2.17. The lowest BCUT2D eigenvalue weighted by molar-refractivity contribution is -0.121. The van der Waals surface area contributed by atoms with E-state index in [4.69, 9.17) is 10.8 Å². The third-order valence-electron chi connectivity index (χ3n) is 3.11. The molecule has 0 aliphatic heterocycles. The SMILES string of the molecule is CSC(CO)C(C)NC(=O)CCc1ccccc1N. The molecule has 19 heavy (non-hydrogen) atoms. The summed E-state index contributed by atoms with van der Waals surface area (Å²) in [6.07, 6.45) is 2.97. The molecule has 0 aliphatic carbocycles. The second-order valence-electron chi connectivity index (χ2n) is 4.51. The van der Waals surface area contributed by atoms with Gasteiger partial charge in [0.25, 0.3) is 0 Å². The molecule has 2 unspecified atom stereocenters. The van der Waals surface area contributed by atoms with Gasteiger partial charge in [0, 0.05) is 23.4 Å². The van der Waals surface area contributed by atoms with Crippen LogP contribution in [0, 0.1) is 0 Å². The van der Waals surface area contributed by atoms with Crippen LogP contribution in [0.2, 0.25) is 0 Å². The molecule has 1 aromatic carbocycles. The number of benzene rings is 1. The first-order valence-corrected chi connectivity index (χ1v) is 7.63. The van der Waals surface area contributed by atoms with E-state index in [9.17, 15) is 4.79 Å². The minimum absolute atomic E-state index is 0.0109. The van der Waals surface area contributed by atoms with Crippen molar-refractivity contribution in [2.45, 2.75) is 31.1 Å². The van der Waals surface area contributed by atoms with Gasteiger partial charge in [-0.3, -0.25) is 4.79 Å². The molecule has 1 rings (SSSR count). The van der Waals surface area contributed by atoms with Gasteiger partial charge in [-0.05, 0) is 31.2 Å². The highest BCUT2D eigenvalue weighted by molar-refractivity contribution is 7.99. The van der Waals surface area contributed by atoms with Crippen LogP contribution in [0.4, 0.5) is 5.69 Å². The third kappa shape index (κ3) is 5.12. The monoisotopic (exact) mass is 282 g/mol. The summed E-state index contributed by atoms with van der Waals surface area (Å²) in [5, 5.41) is 12.1. The normalized spacial score (nSPS) is 13.8. The Kier molecular flexibility index (Phi) is 6.73. The summed E-state index contributed by atoms with van der Waals surface area (Å²) in [5.74, 6) is -0.0109. The summed E-state index contributed by atoms with van der Waals surface area (Å²) in [7, 11) is 0. The van der Waals surface area contributed by atoms with Crippen molar-refractivity contribution in [2.75, 3.05) is 18.6 Å². The molecule has 0 aliphatic rings. The Bertz CT molecular complexity index is 408. The molecule has 4 nitrogen and oxygen atoms in total. The molecule has 0 radical (unpaired) electrons. The zero-order chi connectivity index (χ0) is 14.3. The van der Waals surface area contributed by atoms with Crippen molar-refractivity contribution in [3.05, 3.63) is 29.8 Å². The second kappa shape index (κ2) is 8.07. The molecule has 1 aromatic rings. The largest absolute Gasteiger partial charge is 0.399 e. The lowest BCUT2D eigenvalue weighted by atomic mass is 10.1. The molecule has 0 spiro atoms. The van der Waals surface area contributed by atoms with Crippen LogP contribution in [0.25, 0.3) is 0 Å². The number of nitrogens with two attached hydrogens (primary N) is 1. The van der Waals surface area contributed by atoms with E-state index in [0.717, 1.165) is 11.3 Å². The summed E-state index contributed by atoms with van der Waals surface area (Å²) in [6.45, 7) is 1.97. The molecule has 0 saturated heterocycles. The Morgan fingerprint density at radius 2 is 2.16 bits per heavy atom. The van der Waals surface area contributed by atoms with Gasteiger partial charge in [0.15, 0.2) is 0 Å². The maximum atomic E-state index is 11.8. The molecule has 106 valence electrons. The minimum Gasteiger partial charge on any atom is -0.399 e. The van der Waals surface area contributed by atoms with E-state index in [1.165, 1.54) is 0 Å². The minimum atomic E-state index is -0.0411. The highest BCUT2D eigenvalue weighted by atomic mass is 32.2. The summed E-state index contributed by atoms with van der Waals surface area (Å²) in [5.41, 5.74) is 7.55. The molecule has 0 aromatic heterocycles. The molecule has 4 N–H and O–H groups in total. The van der Waals surface area contributed by atoms with Crippen LogP contribution in [0.15, 0.2) is 24.3 Å². The molecule has 1 amide bonds. The van der Waals surface area contributed by atoms with E-state index in [0.29, 0.717) is 12.8 Å². The number of carbonyl (C=O) groups is 1. The van der Waals surface area contributed by atoms with Gasteiger partial charge in [-0.15, -0.1) is 0 Å². The first-order valence-electron chi connectivity index (χ1n) is 6.35. The molecule has 0 saturated carbocycles. The zero-order valence-corrected chi connectivity index (χ0v) is 12.2. The first-order chi connectivity index (χ1) is 9.08.